The van der Waals surface area contributed by atoms with Crippen LogP contribution in [-0.2, 0) is 19.3 Å². The minimum Gasteiger partial charge on any atom is -0.461 e. The molecule has 0 aliphatic heterocycles. The lowest BCUT2D eigenvalue weighted by atomic mass is 10.1. The number of carbonyl (C=O) groups excluding carboxylic acids is 1. The molecule has 3 aromatic carbocycles. The van der Waals surface area contributed by atoms with Gasteiger partial charge in [0.15, 0.2) is 11.5 Å². The lowest BCUT2D eigenvalue weighted by molar-refractivity contribution is 0.0520. The van der Waals surface area contributed by atoms with E-state index in [9.17, 15) is 17.8 Å². The minimum atomic E-state index is -4.50. The number of halogens is 2. The second-order valence-electron chi connectivity index (χ2n) is 8.74. The monoisotopic (exact) mass is 584 g/mol. The summed E-state index contributed by atoms with van der Waals surface area (Å²) >= 11 is 6.12. The van der Waals surface area contributed by atoms with Crippen molar-refractivity contribution in [3.05, 3.63) is 94.4 Å². The second-order valence-corrected chi connectivity index (χ2v) is 13.7. The van der Waals surface area contributed by atoms with Gasteiger partial charge in [-0.1, -0.05) is 35.9 Å². The molecule has 7 nitrogen and oxygen atoms in total. The number of hydrogen-bond acceptors (Lipinski definition) is 6. The van der Waals surface area contributed by atoms with Crippen molar-refractivity contribution >= 4 is 62.3 Å². The van der Waals surface area contributed by atoms with Gasteiger partial charge in [-0.15, -0.1) is 0 Å². The molecule has 0 N–H and O–H groups in total. The van der Waals surface area contributed by atoms with Gasteiger partial charge in [-0.25, -0.2) is 21.6 Å². The number of carbonyl (C=O) groups is 1. The molecule has 200 valence electrons. The molecule has 0 bridgehead atoms. The van der Waals surface area contributed by atoms with Crippen LogP contribution in [0.2, 0.25) is 5.02 Å². The summed E-state index contributed by atoms with van der Waals surface area (Å²) in [5.41, 5.74) is 0.450. The van der Waals surface area contributed by atoms with E-state index in [1.54, 1.807) is 31.2 Å². The van der Waals surface area contributed by atoms with Crippen LogP contribution in [0.15, 0.2) is 71.6 Å². The molecule has 0 fully saturated rings. The molecular formula is C28H23ClFN2O5PS. The summed E-state index contributed by atoms with van der Waals surface area (Å²) in [6, 6.07) is 16.6. The van der Waals surface area contributed by atoms with Crippen molar-refractivity contribution in [1.29, 1.82) is 5.26 Å². The lowest BCUT2D eigenvalue weighted by Crippen LogP contribution is -2.27. The zero-order chi connectivity index (χ0) is 28.5. The third kappa shape index (κ3) is 5.04. The molecule has 0 aliphatic carbocycles. The van der Waals surface area contributed by atoms with E-state index in [0.717, 1.165) is 0 Å². The minimum absolute atomic E-state index is 0.115. The molecule has 39 heavy (non-hydrogen) atoms. The number of allylic oxidation sites excluding steroid dienone is 1. The number of aryl methyl sites for hydroxylation is 1. The van der Waals surface area contributed by atoms with Crippen molar-refractivity contribution in [2.75, 3.05) is 13.3 Å². The van der Waals surface area contributed by atoms with E-state index in [1.807, 2.05) is 6.07 Å². The Morgan fingerprint density at radius 1 is 1.18 bits per heavy atom. The number of nitriles is 1. The van der Waals surface area contributed by atoms with Crippen molar-refractivity contribution in [2.24, 2.45) is 0 Å². The molecule has 11 heteroatoms. The van der Waals surface area contributed by atoms with Gasteiger partial charge < -0.3 is 9.30 Å². The van der Waals surface area contributed by atoms with Gasteiger partial charge >= 0.3 is 5.97 Å². The van der Waals surface area contributed by atoms with Gasteiger partial charge in [-0.2, -0.15) is 5.26 Å². The van der Waals surface area contributed by atoms with Gasteiger partial charge in [-0.3, -0.25) is 0 Å². The molecule has 0 saturated carbocycles. The summed E-state index contributed by atoms with van der Waals surface area (Å²) < 4.78 is 64.4. The van der Waals surface area contributed by atoms with Crippen LogP contribution in [0.4, 0.5) is 4.39 Å². The summed E-state index contributed by atoms with van der Waals surface area (Å²) in [5, 5.41) is 8.15. The van der Waals surface area contributed by atoms with Crippen molar-refractivity contribution in [3.63, 3.8) is 0 Å². The van der Waals surface area contributed by atoms with E-state index in [0.29, 0.717) is 15.1 Å². The van der Waals surface area contributed by atoms with Gasteiger partial charge in [0, 0.05) is 11.4 Å². The zero-order valence-electron chi connectivity index (χ0n) is 21.2. The number of aromatic nitrogens is 1. The Bertz CT molecular complexity index is 1840. The molecule has 0 radical (unpaired) electrons. The summed E-state index contributed by atoms with van der Waals surface area (Å²) in [4.78, 5) is 13.3. The van der Waals surface area contributed by atoms with Crippen LogP contribution < -0.4 is 10.6 Å². The summed E-state index contributed by atoms with van der Waals surface area (Å²) in [6.45, 7) is 4.50. The highest BCUT2D eigenvalue weighted by Gasteiger charge is 2.40. The van der Waals surface area contributed by atoms with Gasteiger partial charge in [0.05, 0.1) is 38.8 Å². The normalized spacial score (nSPS) is 13.3. The third-order valence-corrected chi connectivity index (χ3v) is 10.6. The standard InChI is InChI=1S/C28H23ClFN2O5PS/c1-4-37-28(33)26-27(38(3,34)20-16-18(2)15-19(17-20)9-8-14-31)24-23(13-12-22(29)25(24)30)32(26)39(35,36)21-10-6-5-7-11-21/h5-13,15-17H,4H2,1-3H3/b9-8+. The van der Waals surface area contributed by atoms with Crippen LogP contribution in [-0.4, -0.2) is 31.6 Å². The van der Waals surface area contributed by atoms with E-state index in [4.69, 9.17) is 21.6 Å². The molecule has 1 atom stereocenters. The van der Waals surface area contributed by atoms with Gasteiger partial charge in [0.2, 0.25) is 0 Å². The van der Waals surface area contributed by atoms with Gasteiger partial charge in [0.25, 0.3) is 10.0 Å². The average Bonchev–Trinajstić information content (AvgIpc) is 3.27. The number of benzene rings is 3. The molecular weight excluding hydrogens is 562 g/mol. The maximum absolute atomic E-state index is 15.8. The number of hydrogen-bond donors (Lipinski definition) is 0. The molecule has 0 aliphatic rings. The Labute approximate surface area is 230 Å². The Balaban J connectivity index is 2.21. The van der Waals surface area contributed by atoms with E-state index in [2.05, 4.69) is 0 Å². The largest absolute Gasteiger partial charge is 0.461 e. The molecule has 1 aromatic heterocycles. The fourth-order valence-corrected chi connectivity index (χ4v) is 8.50. The highest BCUT2D eigenvalue weighted by Crippen LogP contribution is 2.46. The third-order valence-electron chi connectivity index (χ3n) is 6.06. The van der Waals surface area contributed by atoms with Gasteiger partial charge in [-0.05, 0) is 74.1 Å². The van der Waals surface area contributed by atoms with E-state index < -0.39 is 34.6 Å². The SMILES string of the molecule is CCOC(=O)c1c(P(C)(=O)c2cc(C)cc(/C=C/C#N)c2)c2c(F)c(Cl)ccc2n1S(=O)(=O)c1ccccc1. The van der Waals surface area contributed by atoms with E-state index >= 15 is 4.39 Å². The predicted octanol–water partition coefficient (Wildman–Crippen LogP) is 5.64. The predicted molar refractivity (Wildman–Crippen MR) is 151 cm³/mol. The van der Waals surface area contributed by atoms with Crippen LogP contribution in [0, 0.1) is 24.1 Å². The van der Waals surface area contributed by atoms with Crippen molar-refractivity contribution in [1.82, 2.24) is 3.97 Å². The summed E-state index contributed by atoms with van der Waals surface area (Å²) in [6.07, 6.45) is 2.77. The maximum Gasteiger partial charge on any atom is 0.356 e. The Hall–Kier alpha value is -3.70. The lowest BCUT2D eigenvalue weighted by Gasteiger charge is -2.18. The number of esters is 1. The first-order valence-corrected chi connectivity index (χ1v) is 15.7. The van der Waals surface area contributed by atoms with E-state index in [-0.39, 0.29) is 38.0 Å². The van der Waals surface area contributed by atoms with Crippen LogP contribution >= 0.6 is 18.7 Å². The van der Waals surface area contributed by atoms with Gasteiger partial charge in [0.1, 0.15) is 7.14 Å². The molecule has 0 spiro atoms. The van der Waals surface area contributed by atoms with Crippen molar-refractivity contribution in [3.8, 4) is 6.07 Å². The molecule has 0 amide bonds. The fraction of sp³-hybridized carbons (Fsp3) is 0.143. The zero-order valence-corrected chi connectivity index (χ0v) is 23.6. The molecule has 1 unspecified atom stereocenters. The molecule has 4 rings (SSSR count). The average molecular weight is 585 g/mol. The number of ether oxygens (including phenoxy) is 1. The van der Waals surface area contributed by atoms with E-state index in [1.165, 1.54) is 62.1 Å². The summed E-state index contributed by atoms with van der Waals surface area (Å²) in [5.74, 6) is -2.10. The van der Waals surface area contributed by atoms with Crippen LogP contribution in [0.1, 0.15) is 28.5 Å². The quantitative estimate of drug-likeness (QED) is 0.158. The van der Waals surface area contributed by atoms with Crippen LogP contribution in [0.25, 0.3) is 17.0 Å². The molecule has 0 saturated heterocycles. The second kappa shape index (κ2) is 10.8. The number of rotatable bonds is 7. The molecule has 1 heterocycles. The topological polar surface area (TPSA) is 106 Å². The highest BCUT2D eigenvalue weighted by atomic mass is 35.5. The first-order valence-electron chi connectivity index (χ1n) is 11.7. The fourth-order valence-electron chi connectivity index (χ4n) is 4.41. The van der Waals surface area contributed by atoms with Crippen LogP contribution in [0.3, 0.4) is 0 Å². The van der Waals surface area contributed by atoms with Crippen molar-refractivity contribution < 1.29 is 26.9 Å². The maximum atomic E-state index is 15.8. The highest BCUT2D eigenvalue weighted by molar-refractivity contribution is 7.90. The van der Waals surface area contributed by atoms with Crippen LogP contribution in [0.5, 0.6) is 0 Å². The first kappa shape index (κ1) is 28.3. The Morgan fingerprint density at radius 2 is 1.87 bits per heavy atom. The molecule has 4 aromatic rings. The Kier molecular flexibility index (Phi) is 7.85. The number of fused-ring (bicyclic) bond motifs is 1. The first-order chi connectivity index (χ1) is 18.4. The smallest absolute Gasteiger partial charge is 0.356 e. The summed E-state index contributed by atoms with van der Waals surface area (Å²) in [7, 11) is -8.43. The number of nitrogens with zero attached hydrogens (tertiary/aromatic N) is 2. The Morgan fingerprint density at radius 3 is 2.51 bits per heavy atom. The van der Waals surface area contributed by atoms with Crippen molar-refractivity contribution in [2.45, 2.75) is 18.7 Å².